The fourth-order valence-corrected chi connectivity index (χ4v) is 5.11. The van der Waals surface area contributed by atoms with Crippen LogP contribution in [0.5, 0.6) is 0 Å². The minimum absolute atomic E-state index is 0.0826. The van der Waals surface area contributed by atoms with Crippen molar-refractivity contribution in [3.05, 3.63) is 96.4 Å². The number of aromatic nitrogens is 2. The number of nitrogens with zero attached hydrogens (tertiary/aromatic N) is 3. The van der Waals surface area contributed by atoms with E-state index in [1.54, 1.807) is 32.0 Å². The summed E-state index contributed by atoms with van der Waals surface area (Å²) in [6.45, 7) is 2.65. The summed E-state index contributed by atoms with van der Waals surface area (Å²) in [5.74, 6) is -1.26. The molecule has 35 heavy (non-hydrogen) atoms. The first-order valence-electron chi connectivity index (χ1n) is 10.6. The van der Waals surface area contributed by atoms with Crippen molar-refractivity contribution in [1.29, 1.82) is 0 Å². The molecule has 11 heteroatoms. The van der Waals surface area contributed by atoms with Crippen LogP contribution >= 0.6 is 11.3 Å². The average molecular weight is 498 g/mol. The molecule has 0 saturated heterocycles. The molecule has 0 aliphatic carbocycles. The Morgan fingerprint density at radius 2 is 1.80 bits per heavy atom. The van der Waals surface area contributed by atoms with E-state index < -0.39 is 34.5 Å². The maximum absolute atomic E-state index is 14.4. The summed E-state index contributed by atoms with van der Waals surface area (Å²) in [7, 11) is 0. The van der Waals surface area contributed by atoms with Gasteiger partial charge in [-0.15, -0.1) is 11.3 Å². The largest absolute Gasteiger partial charge is 0.465 e. The van der Waals surface area contributed by atoms with Gasteiger partial charge in [-0.1, -0.05) is 18.2 Å². The molecule has 2 aromatic heterocycles. The summed E-state index contributed by atoms with van der Waals surface area (Å²) in [6.07, 6.45) is 0. The molecular formula is C24H20FN3O6S. The summed E-state index contributed by atoms with van der Waals surface area (Å²) in [5, 5.41) is 11.2. The second-order valence-electron chi connectivity index (χ2n) is 7.70. The molecule has 0 atom stereocenters. The van der Waals surface area contributed by atoms with Crippen LogP contribution in [0.1, 0.15) is 18.1 Å². The lowest BCUT2D eigenvalue weighted by molar-refractivity contribution is -0.384. The first-order valence-corrected chi connectivity index (χ1v) is 11.4. The molecule has 0 fully saturated rings. The third-order valence-corrected chi connectivity index (χ3v) is 6.88. The van der Waals surface area contributed by atoms with E-state index in [9.17, 15) is 28.9 Å². The Morgan fingerprint density at radius 3 is 2.43 bits per heavy atom. The number of fused-ring (bicyclic) bond motifs is 1. The number of hydrogen-bond acceptors (Lipinski definition) is 7. The smallest absolute Gasteiger partial charge is 0.332 e. The molecule has 9 nitrogen and oxygen atoms in total. The van der Waals surface area contributed by atoms with Gasteiger partial charge in [-0.25, -0.2) is 13.8 Å². The molecule has 0 saturated carbocycles. The molecule has 0 radical (unpaired) electrons. The number of rotatable bonds is 7. The van der Waals surface area contributed by atoms with E-state index in [2.05, 4.69) is 0 Å². The SMILES string of the molecule is CCOC(=O)Cn1c(=O)c2c(C)c(-c3ccc([N+](=O)[O-])cc3)sc2n(Cc2ccccc2F)c1=O. The molecule has 0 spiro atoms. The van der Waals surface area contributed by atoms with Gasteiger partial charge in [-0.3, -0.25) is 24.3 Å². The number of nitro groups is 1. The molecule has 2 heterocycles. The summed E-state index contributed by atoms with van der Waals surface area (Å²) in [5.41, 5.74) is -0.111. The Bertz CT molecular complexity index is 1570. The van der Waals surface area contributed by atoms with E-state index in [1.165, 1.54) is 34.9 Å². The number of carbonyl (C=O) groups is 1. The minimum atomic E-state index is -0.768. The highest BCUT2D eigenvalue weighted by Gasteiger charge is 2.23. The zero-order chi connectivity index (χ0) is 25.3. The predicted octanol–water partition coefficient (Wildman–Crippen LogP) is 3.86. The molecule has 0 bridgehead atoms. The zero-order valence-electron chi connectivity index (χ0n) is 18.8. The van der Waals surface area contributed by atoms with Gasteiger partial charge >= 0.3 is 11.7 Å². The number of non-ortho nitro benzene ring substituents is 1. The second-order valence-corrected chi connectivity index (χ2v) is 8.70. The van der Waals surface area contributed by atoms with E-state index in [4.69, 9.17) is 4.74 Å². The van der Waals surface area contributed by atoms with Crippen molar-refractivity contribution in [1.82, 2.24) is 9.13 Å². The Hall–Kier alpha value is -4.12. The fraction of sp³-hybridized carbons (Fsp3) is 0.208. The number of thiophene rings is 1. The summed E-state index contributed by atoms with van der Waals surface area (Å²) in [4.78, 5) is 50.3. The Labute approximate surface area is 201 Å². The third-order valence-electron chi connectivity index (χ3n) is 5.51. The zero-order valence-corrected chi connectivity index (χ0v) is 19.6. The second kappa shape index (κ2) is 9.63. The number of halogens is 1. The van der Waals surface area contributed by atoms with Crippen LogP contribution in [-0.2, 0) is 22.6 Å². The summed E-state index contributed by atoms with van der Waals surface area (Å²) >= 11 is 1.15. The van der Waals surface area contributed by atoms with Gasteiger partial charge in [0.15, 0.2) is 0 Å². The Kier molecular flexibility index (Phi) is 6.61. The predicted molar refractivity (Wildman–Crippen MR) is 129 cm³/mol. The lowest BCUT2D eigenvalue weighted by Gasteiger charge is -2.12. The van der Waals surface area contributed by atoms with Crippen molar-refractivity contribution in [2.24, 2.45) is 0 Å². The number of nitro benzene ring substituents is 1. The number of hydrogen-bond donors (Lipinski definition) is 0. The highest BCUT2D eigenvalue weighted by molar-refractivity contribution is 7.22. The lowest BCUT2D eigenvalue weighted by Crippen LogP contribution is -2.42. The van der Waals surface area contributed by atoms with Gasteiger partial charge in [0, 0.05) is 22.6 Å². The van der Waals surface area contributed by atoms with Crippen molar-refractivity contribution in [2.45, 2.75) is 26.9 Å². The topological polar surface area (TPSA) is 113 Å². The first-order chi connectivity index (χ1) is 16.7. The normalized spacial score (nSPS) is 11.1. The van der Waals surface area contributed by atoms with Crippen molar-refractivity contribution in [3.63, 3.8) is 0 Å². The van der Waals surface area contributed by atoms with Crippen LogP contribution in [0, 0.1) is 22.9 Å². The van der Waals surface area contributed by atoms with E-state index >= 15 is 0 Å². The van der Waals surface area contributed by atoms with Crippen LogP contribution in [-0.4, -0.2) is 26.6 Å². The van der Waals surface area contributed by atoms with Crippen LogP contribution in [0.3, 0.4) is 0 Å². The maximum atomic E-state index is 14.4. The molecule has 180 valence electrons. The Morgan fingerprint density at radius 1 is 1.11 bits per heavy atom. The first kappa shape index (κ1) is 24.0. The quantitative estimate of drug-likeness (QED) is 0.218. The molecule has 4 aromatic rings. The van der Waals surface area contributed by atoms with Gasteiger partial charge in [0.2, 0.25) is 0 Å². The van der Waals surface area contributed by atoms with Crippen LogP contribution in [0.2, 0.25) is 0 Å². The van der Waals surface area contributed by atoms with Crippen LogP contribution in [0.15, 0.2) is 58.1 Å². The Balaban J connectivity index is 1.97. The molecule has 0 N–H and O–H groups in total. The molecule has 0 amide bonds. The molecule has 0 aliphatic rings. The number of benzene rings is 2. The molecule has 2 aromatic carbocycles. The fourth-order valence-electron chi connectivity index (χ4n) is 3.82. The molecule has 0 aliphatic heterocycles. The molecule has 4 rings (SSSR count). The summed E-state index contributed by atoms with van der Waals surface area (Å²) < 4.78 is 21.4. The molecular weight excluding hydrogens is 477 g/mol. The minimum Gasteiger partial charge on any atom is -0.465 e. The highest BCUT2D eigenvalue weighted by atomic mass is 32.1. The summed E-state index contributed by atoms with van der Waals surface area (Å²) in [6, 6.07) is 11.8. The van der Waals surface area contributed by atoms with E-state index in [0.717, 1.165) is 15.9 Å². The van der Waals surface area contributed by atoms with E-state index in [1.807, 2.05) is 0 Å². The van der Waals surface area contributed by atoms with E-state index in [-0.39, 0.29) is 29.8 Å². The van der Waals surface area contributed by atoms with Crippen molar-refractivity contribution in [3.8, 4) is 10.4 Å². The maximum Gasteiger partial charge on any atom is 0.332 e. The monoisotopic (exact) mass is 497 g/mol. The lowest BCUT2D eigenvalue weighted by atomic mass is 10.1. The van der Waals surface area contributed by atoms with Gasteiger partial charge in [-0.05, 0) is 43.2 Å². The van der Waals surface area contributed by atoms with Crippen LogP contribution in [0.4, 0.5) is 10.1 Å². The molecule has 0 unspecified atom stereocenters. The van der Waals surface area contributed by atoms with E-state index in [0.29, 0.717) is 20.8 Å². The van der Waals surface area contributed by atoms with Gasteiger partial charge in [-0.2, -0.15) is 0 Å². The highest BCUT2D eigenvalue weighted by Crippen LogP contribution is 2.37. The number of esters is 1. The number of aryl methyl sites for hydroxylation is 1. The standard InChI is InChI=1S/C24H20FN3O6S/c1-3-34-19(29)13-26-22(30)20-14(2)21(15-8-10-17(11-9-15)28(32)33)35-23(20)27(24(26)31)12-16-6-4-5-7-18(16)25/h4-11H,3,12-13H2,1-2H3. The number of carbonyl (C=O) groups excluding carboxylic acids is 1. The van der Waals surface area contributed by atoms with Gasteiger partial charge < -0.3 is 4.74 Å². The number of ether oxygens (including phenoxy) is 1. The van der Waals surface area contributed by atoms with Crippen LogP contribution in [0.25, 0.3) is 20.7 Å². The van der Waals surface area contributed by atoms with Gasteiger partial charge in [0.1, 0.15) is 17.2 Å². The average Bonchev–Trinajstić information content (AvgIpc) is 3.18. The van der Waals surface area contributed by atoms with Crippen LogP contribution < -0.4 is 11.2 Å². The van der Waals surface area contributed by atoms with Gasteiger partial charge in [0.25, 0.3) is 11.2 Å². The van der Waals surface area contributed by atoms with Crippen molar-refractivity contribution in [2.75, 3.05) is 6.61 Å². The third kappa shape index (κ3) is 4.50. The van der Waals surface area contributed by atoms with Crippen molar-refractivity contribution < 1.29 is 18.8 Å². The van der Waals surface area contributed by atoms with Gasteiger partial charge in [0.05, 0.1) is 23.5 Å². The van der Waals surface area contributed by atoms with Crippen molar-refractivity contribution >= 4 is 33.2 Å².